The van der Waals surface area contributed by atoms with Crippen molar-refractivity contribution in [2.24, 2.45) is 0 Å². The van der Waals surface area contributed by atoms with Gasteiger partial charge in [-0.05, 0) is 31.2 Å². The van der Waals surface area contributed by atoms with Gasteiger partial charge in [-0.2, -0.15) is 0 Å². The van der Waals surface area contributed by atoms with Crippen molar-refractivity contribution in [1.29, 1.82) is 0 Å². The second kappa shape index (κ2) is 4.59. The Bertz CT molecular complexity index is 779. The number of nitrogens with zero attached hydrogens (tertiary/aromatic N) is 3. The van der Waals surface area contributed by atoms with Crippen LogP contribution in [0.25, 0.3) is 16.9 Å². The van der Waals surface area contributed by atoms with Crippen LogP contribution in [0.1, 0.15) is 17.3 Å². The van der Waals surface area contributed by atoms with E-state index in [1.165, 1.54) is 6.92 Å². The molecule has 0 aliphatic heterocycles. The third kappa shape index (κ3) is 2.17. The van der Waals surface area contributed by atoms with Crippen molar-refractivity contribution in [3.8, 4) is 5.69 Å². The number of Topliss-reactive ketones (excluding diaryl/α,β-unsaturated/α-hetero) is 1. The second-order valence-corrected chi connectivity index (χ2v) is 5.13. The summed E-state index contributed by atoms with van der Waals surface area (Å²) in [5.41, 5.74) is 3.00. The van der Waals surface area contributed by atoms with Crippen molar-refractivity contribution >= 4 is 32.9 Å². The Kier molecular flexibility index (Phi) is 2.91. The molecule has 1 aromatic carbocycles. The van der Waals surface area contributed by atoms with Gasteiger partial charge in [0, 0.05) is 21.9 Å². The molecule has 0 aliphatic carbocycles. The molecule has 0 saturated carbocycles. The number of imidazole rings is 1. The van der Waals surface area contributed by atoms with Crippen molar-refractivity contribution in [3.05, 3.63) is 52.9 Å². The number of fused-ring (bicyclic) bond motifs is 1. The largest absolute Gasteiger partial charge is 0.294 e. The smallest absolute Gasteiger partial charge is 0.164 e. The number of ketones is 1. The fourth-order valence-electron chi connectivity index (χ4n) is 1.91. The molecule has 0 radical (unpaired) electrons. The molecule has 94 valence electrons. The van der Waals surface area contributed by atoms with E-state index in [1.807, 2.05) is 28.8 Å². The number of carbonyl (C=O) groups is 1. The molecule has 0 bridgehead atoms. The molecule has 3 aromatic rings. The van der Waals surface area contributed by atoms with Crippen LogP contribution in [0.3, 0.4) is 0 Å². The molecule has 0 fully saturated rings. The first-order chi connectivity index (χ1) is 9.15. The normalized spacial score (nSPS) is 10.8. The van der Waals surface area contributed by atoms with Crippen molar-refractivity contribution in [2.45, 2.75) is 6.92 Å². The van der Waals surface area contributed by atoms with Crippen LogP contribution < -0.4 is 0 Å². The van der Waals surface area contributed by atoms with Gasteiger partial charge in [0.1, 0.15) is 11.8 Å². The van der Waals surface area contributed by atoms with Crippen LogP contribution in [0.5, 0.6) is 0 Å². The molecule has 19 heavy (non-hydrogen) atoms. The van der Waals surface area contributed by atoms with E-state index in [0.717, 1.165) is 15.8 Å². The SMILES string of the molecule is CC(=O)c1cnc2c(c1)ncn2-c1cccc(Br)c1. The highest BCUT2D eigenvalue weighted by Gasteiger charge is 2.08. The van der Waals surface area contributed by atoms with E-state index in [1.54, 1.807) is 18.6 Å². The van der Waals surface area contributed by atoms with Gasteiger partial charge in [-0.3, -0.25) is 9.36 Å². The Hall–Kier alpha value is -2.01. The lowest BCUT2D eigenvalue weighted by Gasteiger charge is -2.04. The number of hydrogen-bond donors (Lipinski definition) is 0. The van der Waals surface area contributed by atoms with E-state index < -0.39 is 0 Å². The van der Waals surface area contributed by atoms with Crippen molar-refractivity contribution in [1.82, 2.24) is 14.5 Å². The minimum Gasteiger partial charge on any atom is -0.294 e. The van der Waals surface area contributed by atoms with E-state index >= 15 is 0 Å². The van der Waals surface area contributed by atoms with Crippen molar-refractivity contribution in [2.75, 3.05) is 0 Å². The lowest BCUT2D eigenvalue weighted by molar-refractivity contribution is 0.101. The maximum atomic E-state index is 11.3. The fraction of sp³-hybridized carbons (Fsp3) is 0.0714. The predicted octanol–water partition coefficient (Wildman–Crippen LogP) is 3.39. The van der Waals surface area contributed by atoms with Crippen molar-refractivity contribution in [3.63, 3.8) is 0 Å². The first kappa shape index (κ1) is 12.0. The van der Waals surface area contributed by atoms with Gasteiger partial charge < -0.3 is 0 Å². The quantitative estimate of drug-likeness (QED) is 0.681. The molecule has 0 aliphatic rings. The first-order valence-corrected chi connectivity index (χ1v) is 6.54. The van der Waals surface area contributed by atoms with Crippen LogP contribution in [0.15, 0.2) is 47.3 Å². The lowest BCUT2D eigenvalue weighted by atomic mass is 10.2. The van der Waals surface area contributed by atoms with Gasteiger partial charge in [-0.25, -0.2) is 9.97 Å². The highest BCUT2D eigenvalue weighted by Crippen LogP contribution is 2.20. The molecule has 2 heterocycles. The monoisotopic (exact) mass is 315 g/mol. The van der Waals surface area contributed by atoms with Gasteiger partial charge in [-0.15, -0.1) is 0 Å². The average Bonchev–Trinajstić information content (AvgIpc) is 2.81. The summed E-state index contributed by atoms with van der Waals surface area (Å²) in [6.07, 6.45) is 3.30. The molecule has 5 heteroatoms. The lowest BCUT2D eigenvalue weighted by Crippen LogP contribution is -1.96. The topological polar surface area (TPSA) is 47.8 Å². The molecule has 0 unspecified atom stereocenters. The van der Waals surface area contributed by atoms with Crippen molar-refractivity contribution < 1.29 is 4.79 Å². The third-order valence-electron chi connectivity index (χ3n) is 2.88. The molecule has 0 atom stereocenters. The number of halogens is 1. The molecule has 0 spiro atoms. The van der Waals surface area contributed by atoms with Crippen LogP contribution >= 0.6 is 15.9 Å². The zero-order valence-corrected chi connectivity index (χ0v) is 11.8. The number of rotatable bonds is 2. The standard InChI is InChI=1S/C14H10BrN3O/c1-9(19)10-5-13-14(16-7-10)18(8-17-13)12-4-2-3-11(15)6-12/h2-8H,1H3. The highest BCUT2D eigenvalue weighted by atomic mass is 79.9. The molecular weight excluding hydrogens is 306 g/mol. The van der Waals surface area contributed by atoms with Crippen LogP contribution in [-0.4, -0.2) is 20.3 Å². The van der Waals surface area contributed by atoms with E-state index in [9.17, 15) is 4.79 Å². The minimum atomic E-state index is -0.00796. The Labute approximate surface area is 118 Å². The van der Waals surface area contributed by atoms with Crippen LogP contribution in [0.4, 0.5) is 0 Å². The van der Waals surface area contributed by atoms with E-state index in [-0.39, 0.29) is 5.78 Å². The number of benzene rings is 1. The summed E-state index contributed by atoms with van der Waals surface area (Å²) >= 11 is 3.44. The molecule has 0 amide bonds. The van der Waals surface area contributed by atoms with E-state index in [4.69, 9.17) is 0 Å². The summed E-state index contributed by atoms with van der Waals surface area (Å²) in [5.74, 6) is -0.00796. The predicted molar refractivity (Wildman–Crippen MR) is 76.6 cm³/mol. The summed E-state index contributed by atoms with van der Waals surface area (Å²) in [6.45, 7) is 1.52. The summed E-state index contributed by atoms with van der Waals surface area (Å²) in [5, 5.41) is 0. The summed E-state index contributed by atoms with van der Waals surface area (Å²) in [6, 6.07) is 9.65. The van der Waals surface area contributed by atoms with Gasteiger partial charge >= 0.3 is 0 Å². The maximum Gasteiger partial charge on any atom is 0.164 e. The van der Waals surface area contributed by atoms with Crippen LogP contribution in [-0.2, 0) is 0 Å². The number of pyridine rings is 1. The van der Waals surface area contributed by atoms with Gasteiger partial charge in [0.2, 0.25) is 0 Å². The maximum absolute atomic E-state index is 11.3. The number of aromatic nitrogens is 3. The van der Waals surface area contributed by atoms with Gasteiger partial charge in [0.25, 0.3) is 0 Å². The van der Waals surface area contributed by atoms with Gasteiger partial charge in [0.15, 0.2) is 11.4 Å². The zero-order chi connectivity index (χ0) is 13.4. The Morgan fingerprint density at radius 1 is 1.26 bits per heavy atom. The molecule has 0 saturated heterocycles. The number of hydrogen-bond acceptors (Lipinski definition) is 3. The second-order valence-electron chi connectivity index (χ2n) is 4.22. The molecular formula is C14H10BrN3O. The molecule has 3 rings (SSSR count). The van der Waals surface area contributed by atoms with Gasteiger partial charge in [0.05, 0.1) is 0 Å². The van der Waals surface area contributed by atoms with Crippen LogP contribution in [0, 0.1) is 0 Å². The number of carbonyl (C=O) groups excluding carboxylic acids is 1. The Morgan fingerprint density at radius 2 is 2.11 bits per heavy atom. The van der Waals surface area contributed by atoms with Gasteiger partial charge in [-0.1, -0.05) is 22.0 Å². The Balaban J connectivity index is 2.18. The molecule has 2 aromatic heterocycles. The average molecular weight is 316 g/mol. The zero-order valence-electron chi connectivity index (χ0n) is 10.2. The van der Waals surface area contributed by atoms with E-state index in [0.29, 0.717) is 11.1 Å². The van der Waals surface area contributed by atoms with E-state index in [2.05, 4.69) is 25.9 Å². The van der Waals surface area contributed by atoms with Crippen LogP contribution in [0.2, 0.25) is 0 Å². The first-order valence-electron chi connectivity index (χ1n) is 5.75. The molecule has 4 nitrogen and oxygen atoms in total. The Morgan fingerprint density at radius 3 is 2.84 bits per heavy atom. The third-order valence-corrected chi connectivity index (χ3v) is 3.37. The summed E-state index contributed by atoms with van der Waals surface area (Å²) in [7, 11) is 0. The minimum absolute atomic E-state index is 0.00796. The summed E-state index contributed by atoms with van der Waals surface area (Å²) in [4.78, 5) is 20.0. The fourth-order valence-corrected chi connectivity index (χ4v) is 2.30. The summed E-state index contributed by atoms with van der Waals surface area (Å²) < 4.78 is 2.89. The molecule has 0 N–H and O–H groups in total. The highest BCUT2D eigenvalue weighted by molar-refractivity contribution is 9.10.